The Morgan fingerprint density at radius 2 is 1.95 bits per heavy atom. The third-order valence-corrected chi connectivity index (χ3v) is 3.04. The Morgan fingerprint density at radius 3 is 2.47 bits per heavy atom. The van der Waals surface area contributed by atoms with E-state index in [-0.39, 0.29) is 17.9 Å². The van der Waals surface area contributed by atoms with Crippen LogP contribution >= 0.6 is 0 Å². The van der Waals surface area contributed by atoms with Crippen molar-refractivity contribution in [2.75, 3.05) is 20.3 Å². The van der Waals surface area contributed by atoms with Gasteiger partial charge in [-0.2, -0.15) is 0 Å². The first-order chi connectivity index (χ1) is 8.98. The number of carbonyl (C=O) groups is 1. The predicted octanol–water partition coefficient (Wildman–Crippen LogP) is 1.97. The molecule has 0 spiro atoms. The topological polar surface area (TPSA) is 58.6 Å². The van der Waals surface area contributed by atoms with Gasteiger partial charge in [0.2, 0.25) is 0 Å². The van der Waals surface area contributed by atoms with Gasteiger partial charge in [-0.1, -0.05) is 26.0 Å². The van der Waals surface area contributed by atoms with E-state index in [9.17, 15) is 4.79 Å². The molecule has 0 unspecified atom stereocenters. The molecule has 1 aromatic rings. The second-order valence-electron chi connectivity index (χ2n) is 5.45. The first-order valence-corrected chi connectivity index (χ1v) is 6.45. The summed E-state index contributed by atoms with van der Waals surface area (Å²) in [4.78, 5) is 12.0. The minimum atomic E-state index is -0.0968. The summed E-state index contributed by atoms with van der Waals surface area (Å²) in [7, 11) is 1.64. The summed E-state index contributed by atoms with van der Waals surface area (Å²) in [5.41, 5.74) is 1.58. The van der Waals surface area contributed by atoms with Crippen LogP contribution in [0.1, 0.15) is 36.2 Å². The van der Waals surface area contributed by atoms with Crippen molar-refractivity contribution in [2.24, 2.45) is 5.41 Å². The van der Waals surface area contributed by atoms with Gasteiger partial charge in [0, 0.05) is 25.8 Å². The summed E-state index contributed by atoms with van der Waals surface area (Å²) >= 11 is 0. The van der Waals surface area contributed by atoms with Crippen LogP contribution in [0.2, 0.25) is 0 Å². The molecular formula is C15H23NO3. The highest BCUT2D eigenvalue weighted by Gasteiger charge is 2.18. The van der Waals surface area contributed by atoms with Gasteiger partial charge >= 0.3 is 0 Å². The van der Waals surface area contributed by atoms with E-state index in [0.29, 0.717) is 25.1 Å². The highest BCUT2D eigenvalue weighted by molar-refractivity contribution is 5.94. The normalized spacial score (nSPS) is 11.4. The molecule has 0 aromatic heterocycles. The van der Waals surface area contributed by atoms with Crippen LogP contribution in [0.3, 0.4) is 0 Å². The van der Waals surface area contributed by atoms with Gasteiger partial charge in [0.1, 0.15) is 0 Å². The largest absolute Gasteiger partial charge is 0.396 e. The summed E-state index contributed by atoms with van der Waals surface area (Å²) in [6.07, 6.45) is 0.667. The maximum absolute atomic E-state index is 12.0. The van der Waals surface area contributed by atoms with Crippen LogP contribution in [0.25, 0.3) is 0 Å². The average molecular weight is 265 g/mol. The number of benzene rings is 1. The Balaban J connectivity index is 2.53. The molecule has 1 rings (SSSR count). The van der Waals surface area contributed by atoms with Crippen LogP contribution in [0.15, 0.2) is 24.3 Å². The number of hydrogen-bond acceptors (Lipinski definition) is 3. The molecule has 0 bridgehead atoms. The average Bonchev–Trinajstić information content (AvgIpc) is 2.37. The van der Waals surface area contributed by atoms with Crippen molar-refractivity contribution in [1.82, 2.24) is 5.32 Å². The van der Waals surface area contributed by atoms with Crippen molar-refractivity contribution in [2.45, 2.75) is 26.9 Å². The molecule has 0 radical (unpaired) electrons. The van der Waals surface area contributed by atoms with E-state index in [2.05, 4.69) is 5.32 Å². The summed E-state index contributed by atoms with van der Waals surface area (Å²) in [6, 6.07) is 7.36. The van der Waals surface area contributed by atoms with Crippen LogP contribution < -0.4 is 5.32 Å². The van der Waals surface area contributed by atoms with Crippen molar-refractivity contribution in [1.29, 1.82) is 0 Å². The molecule has 4 heteroatoms. The zero-order valence-corrected chi connectivity index (χ0v) is 11.9. The van der Waals surface area contributed by atoms with Gasteiger partial charge in [-0.25, -0.2) is 0 Å². The maximum Gasteiger partial charge on any atom is 0.251 e. The van der Waals surface area contributed by atoms with Crippen molar-refractivity contribution in [3.8, 4) is 0 Å². The van der Waals surface area contributed by atoms with E-state index >= 15 is 0 Å². The molecule has 0 fully saturated rings. The van der Waals surface area contributed by atoms with Crippen LogP contribution in [0.4, 0.5) is 0 Å². The molecule has 2 N–H and O–H groups in total. The number of hydrogen-bond donors (Lipinski definition) is 2. The van der Waals surface area contributed by atoms with E-state index in [0.717, 1.165) is 5.56 Å². The monoisotopic (exact) mass is 265 g/mol. The number of ether oxygens (including phenoxy) is 1. The number of methoxy groups -OCH3 is 1. The molecule has 0 aliphatic rings. The molecule has 19 heavy (non-hydrogen) atoms. The highest BCUT2D eigenvalue weighted by atomic mass is 16.5. The van der Waals surface area contributed by atoms with Gasteiger partial charge in [-0.3, -0.25) is 4.79 Å². The van der Waals surface area contributed by atoms with Crippen molar-refractivity contribution in [3.05, 3.63) is 35.4 Å². The van der Waals surface area contributed by atoms with Gasteiger partial charge in [0.25, 0.3) is 5.91 Å². The molecule has 0 saturated carbocycles. The standard InChI is InChI=1S/C15H23NO3/c1-15(2,8-9-17)11-16-14(18)13-6-4-12(5-7-13)10-19-3/h4-7,17H,8-11H2,1-3H3,(H,16,18). The second kappa shape index (κ2) is 7.26. The number of aliphatic hydroxyl groups excluding tert-OH is 1. The van der Waals surface area contributed by atoms with Gasteiger partial charge in [0.05, 0.1) is 6.61 Å². The van der Waals surface area contributed by atoms with Crippen LogP contribution in [0, 0.1) is 5.41 Å². The number of aliphatic hydroxyl groups is 1. The lowest BCUT2D eigenvalue weighted by Gasteiger charge is -2.23. The summed E-state index contributed by atoms with van der Waals surface area (Å²) < 4.78 is 5.02. The lowest BCUT2D eigenvalue weighted by atomic mass is 9.89. The fraction of sp³-hybridized carbons (Fsp3) is 0.533. The quantitative estimate of drug-likeness (QED) is 0.792. The van der Waals surface area contributed by atoms with Gasteiger partial charge < -0.3 is 15.2 Å². The minimum Gasteiger partial charge on any atom is -0.396 e. The third-order valence-electron chi connectivity index (χ3n) is 3.04. The number of carbonyl (C=O) groups excluding carboxylic acids is 1. The molecule has 0 saturated heterocycles. The van der Waals surface area contributed by atoms with Crippen LogP contribution in [-0.2, 0) is 11.3 Å². The highest BCUT2D eigenvalue weighted by Crippen LogP contribution is 2.18. The summed E-state index contributed by atoms with van der Waals surface area (Å²) in [5, 5.41) is 11.8. The molecule has 0 aliphatic carbocycles. The van der Waals surface area contributed by atoms with E-state index < -0.39 is 0 Å². The lowest BCUT2D eigenvalue weighted by molar-refractivity contribution is 0.0928. The second-order valence-corrected chi connectivity index (χ2v) is 5.45. The molecule has 1 amide bonds. The SMILES string of the molecule is COCc1ccc(C(=O)NCC(C)(C)CCO)cc1. The Morgan fingerprint density at radius 1 is 1.32 bits per heavy atom. The lowest BCUT2D eigenvalue weighted by Crippen LogP contribution is -2.34. The first kappa shape index (κ1) is 15.7. The fourth-order valence-corrected chi connectivity index (χ4v) is 1.73. The minimum absolute atomic E-state index is 0.0880. The van der Waals surface area contributed by atoms with Crippen molar-refractivity contribution < 1.29 is 14.6 Å². The zero-order chi connectivity index (χ0) is 14.3. The van der Waals surface area contributed by atoms with E-state index in [4.69, 9.17) is 9.84 Å². The molecule has 0 atom stereocenters. The predicted molar refractivity (Wildman–Crippen MR) is 75.0 cm³/mol. The molecule has 0 heterocycles. The smallest absolute Gasteiger partial charge is 0.251 e. The van der Waals surface area contributed by atoms with E-state index in [1.807, 2.05) is 26.0 Å². The van der Waals surface area contributed by atoms with Crippen LogP contribution in [-0.4, -0.2) is 31.3 Å². The van der Waals surface area contributed by atoms with Gasteiger partial charge in [-0.15, -0.1) is 0 Å². The van der Waals surface area contributed by atoms with Gasteiger partial charge in [-0.05, 0) is 29.5 Å². The Bertz CT molecular complexity index is 398. The van der Waals surface area contributed by atoms with Crippen molar-refractivity contribution >= 4 is 5.91 Å². The fourth-order valence-electron chi connectivity index (χ4n) is 1.73. The summed E-state index contributed by atoms with van der Waals surface area (Å²) in [6.45, 7) is 5.27. The van der Waals surface area contributed by atoms with E-state index in [1.165, 1.54) is 0 Å². The maximum atomic E-state index is 12.0. The summed E-state index contributed by atoms with van der Waals surface area (Å²) in [5.74, 6) is -0.0880. The Labute approximate surface area is 114 Å². The zero-order valence-electron chi connectivity index (χ0n) is 11.9. The number of nitrogens with one attached hydrogen (secondary N) is 1. The molecule has 1 aromatic carbocycles. The number of rotatable bonds is 7. The third kappa shape index (κ3) is 5.41. The van der Waals surface area contributed by atoms with Crippen LogP contribution in [0.5, 0.6) is 0 Å². The molecule has 0 aliphatic heterocycles. The Hall–Kier alpha value is -1.39. The molecule has 4 nitrogen and oxygen atoms in total. The van der Waals surface area contributed by atoms with Crippen molar-refractivity contribution in [3.63, 3.8) is 0 Å². The molecular weight excluding hydrogens is 242 g/mol. The molecule has 106 valence electrons. The first-order valence-electron chi connectivity index (χ1n) is 6.45. The Kier molecular flexibility index (Phi) is 5.99. The van der Waals surface area contributed by atoms with E-state index in [1.54, 1.807) is 19.2 Å². The van der Waals surface area contributed by atoms with Gasteiger partial charge in [0.15, 0.2) is 0 Å². The number of amides is 1.